The van der Waals surface area contributed by atoms with Crippen molar-refractivity contribution >= 4 is 0 Å². The lowest BCUT2D eigenvalue weighted by atomic mass is 9.84. The normalized spacial score (nSPS) is 20.5. The molecular weight excluding hydrogens is 244 g/mol. The van der Waals surface area contributed by atoms with Crippen molar-refractivity contribution in [1.29, 1.82) is 0 Å². The number of rotatable bonds is 5. The third-order valence-electron chi connectivity index (χ3n) is 4.14. The van der Waals surface area contributed by atoms with Gasteiger partial charge in [0.15, 0.2) is 0 Å². The molecule has 0 bridgehead atoms. The highest BCUT2D eigenvalue weighted by atomic mass is 15.0. The van der Waals surface area contributed by atoms with E-state index in [0.717, 1.165) is 19.0 Å². The number of fused-ring (bicyclic) bond motifs is 1. The number of hydrogen-bond donors (Lipinski definition) is 2. The predicted molar refractivity (Wildman–Crippen MR) is 87.2 cm³/mol. The fourth-order valence-corrected chi connectivity index (χ4v) is 2.85. The van der Waals surface area contributed by atoms with E-state index in [-0.39, 0.29) is 5.54 Å². The highest BCUT2D eigenvalue weighted by molar-refractivity contribution is 5.29. The second kappa shape index (κ2) is 6.73. The maximum atomic E-state index is 3.69. The molecule has 2 atom stereocenters. The van der Waals surface area contributed by atoms with E-state index in [1.165, 1.54) is 19.3 Å². The highest BCUT2D eigenvalue weighted by Crippen LogP contribution is 2.24. The Hall–Kier alpha value is -0.860. The Labute approximate surface area is 124 Å². The minimum absolute atomic E-state index is 0.208. The fourth-order valence-electron chi connectivity index (χ4n) is 2.85. The molecule has 2 unspecified atom stereocenters. The van der Waals surface area contributed by atoms with Gasteiger partial charge in [0, 0.05) is 18.1 Å². The topological polar surface area (TPSA) is 24.1 Å². The molecule has 2 nitrogen and oxygen atoms in total. The predicted octanol–water partition coefficient (Wildman–Crippen LogP) is 3.16. The van der Waals surface area contributed by atoms with Gasteiger partial charge in [0.2, 0.25) is 0 Å². The zero-order valence-electron chi connectivity index (χ0n) is 13.5. The van der Waals surface area contributed by atoms with Gasteiger partial charge in [0.05, 0.1) is 0 Å². The van der Waals surface area contributed by atoms with Gasteiger partial charge >= 0.3 is 0 Å². The summed E-state index contributed by atoms with van der Waals surface area (Å²) in [4.78, 5) is 0. The third kappa shape index (κ3) is 4.92. The van der Waals surface area contributed by atoms with Crippen molar-refractivity contribution in [3.63, 3.8) is 0 Å². The van der Waals surface area contributed by atoms with Crippen molar-refractivity contribution in [2.45, 2.75) is 58.5 Å². The van der Waals surface area contributed by atoms with Crippen LogP contribution in [0.3, 0.4) is 0 Å². The van der Waals surface area contributed by atoms with Crippen LogP contribution in [0.15, 0.2) is 24.3 Å². The van der Waals surface area contributed by atoms with Gasteiger partial charge in [-0.25, -0.2) is 0 Å². The maximum Gasteiger partial charge on any atom is 0.0164 e. The van der Waals surface area contributed by atoms with Crippen LogP contribution in [0.25, 0.3) is 0 Å². The molecule has 0 saturated carbocycles. The monoisotopic (exact) mass is 274 g/mol. The Morgan fingerprint density at radius 3 is 2.60 bits per heavy atom. The molecule has 0 radical (unpaired) electrons. The molecule has 0 saturated heterocycles. The van der Waals surface area contributed by atoms with Gasteiger partial charge in [-0.3, -0.25) is 0 Å². The minimum Gasteiger partial charge on any atom is -0.313 e. The summed E-state index contributed by atoms with van der Waals surface area (Å²) in [5.74, 6) is 0.794. The summed E-state index contributed by atoms with van der Waals surface area (Å²) < 4.78 is 0. The zero-order chi connectivity index (χ0) is 14.6. The van der Waals surface area contributed by atoms with E-state index in [9.17, 15) is 0 Å². The van der Waals surface area contributed by atoms with Crippen molar-refractivity contribution in [3.8, 4) is 0 Å². The van der Waals surface area contributed by atoms with Crippen molar-refractivity contribution < 1.29 is 0 Å². The van der Waals surface area contributed by atoms with E-state index in [2.05, 4.69) is 62.6 Å². The van der Waals surface area contributed by atoms with Gasteiger partial charge in [-0.1, -0.05) is 24.3 Å². The summed E-state index contributed by atoms with van der Waals surface area (Å²) in [7, 11) is 0. The molecule has 0 heterocycles. The molecule has 1 aromatic carbocycles. The largest absolute Gasteiger partial charge is 0.313 e. The van der Waals surface area contributed by atoms with E-state index >= 15 is 0 Å². The Bertz CT molecular complexity index is 420. The van der Waals surface area contributed by atoms with E-state index in [4.69, 9.17) is 0 Å². The van der Waals surface area contributed by atoms with Gasteiger partial charge < -0.3 is 10.6 Å². The van der Waals surface area contributed by atoms with E-state index in [1.54, 1.807) is 11.1 Å². The number of benzene rings is 1. The molecule has 1 aliphatic carbocycles. The first-order valence-corrected chi connectivity index (χ1v) is 7.99. The van der Waals surface area contributed by atoms with Crippen LogP contribution in [-0.2, 0) is 12.8 Å². The second-order valence-electron chi connectivity index (χ2n) is 7.32. The molecule has 1 aliphatic rings. The van der Waals surface area contributed by atoms with Crippen LogP contribution in [0.4, 0.5) is 0 Å². The Kier molecular flexibility index (Phi) is 5.22. The number of hydrogen-bond acceptors (Lipinski definition) is 2. The SMILES string of the molecule is CC(CNC(C)(C)C)NCC1CCc2ccccc2C1. The molecule has 0 aromatic heterocycles. The van der Waals surface area contributed by atoms with Crippen molar-refractivity contribution in [3.05, 3.63) is 35.4 Å². The summed E-state index contributed by atoms with van der Waals surface area (Å²) >= 11 is 0. The smallest absolute Gasteiger partial charge is 0.0164 e. The lowest BCUT2D eigenvalue weighted by Gasteiger charge is -2.28. The molecule has 2 N–H and O–H groups in total. The quantitative estimate of drug-likeness (QED) is 0.862. The van der Waals surface area contributed by atoms with E-state index < -0.39 is 0 Å². The highest BCUT2D eigenvalue weighted by Gasteiger charge is 2.18. The van der Waals surface area contributed by atoms with Gasteiger partial charge in [-0.05, 0) is 70.5 Å². The lowest BCUT2D eigenvalue weighted by molar-refractivity contribution is 0.358. The standard InChI is InChI=1S/C18H30N2/c1-14(12-20-18(2,3)4)19-13-15-9-10-16-7-5-6-8-17(16)11-15/h5-8,14-15,19-20H,9-13H2,1-4H3. The summed E-state index contributed by atoms with van der Waals surface area (Å²) in [6.45, 7) is 11.1. The van der Waals surface area contributed by atoms with Gasteiger partial charge in [0.1, 0.15) is 0 Å². The molecule has 2 rings (SSSR count). The van der Waals surface area contributed by atoms with E-state index in [1.807, 2.05) is 0 Å². The molecule has 1 aromatic rings. The summed E-state index contributed by atoms with van der Waals surface area (Å²) in [6.07, 6.45) is 3.81. The Morgan fingerprint density at radius 2 is 1.90 bits per heavy atom. The van der Waals surface area contributed by atoms with Crippen molar-refractivity contribution in [2.24, 2.45) is 5.92 Å². The maximum absolute atomic E-state index is 3.69. The Morgan fingerprint density at radius 1 is 1.20 bits per heavy atom. The first-order valence-electron chi connectivity index (χ1n) is 7.99. The molecule has 0 amide bonds. The molecule has 112 valence electrons. The number of nitrogens with one attached hydrogen (secondary N) is 2. The second-order valence-corrected chi connectivity index (χ2v) is 7.32. The van der Waals surface area contributed by atoms with Crippen LogP contribution in [0, 0.1) is 5.92 Å². The lowest BCUT2D eigenvalue weighted by Crippen LogP contribution is -2.45. The van der Waals surface area contributed by atoms with Gasteiger partial charge in [-0.15, -0.1) is 0 Å². The molecule has 0 spiro atoms. The average molecular weight is 274 g/mol. The minimum atomic E-state index is 0.208. The van der Waals surface area contributed by atoms with Crippen molar-refractivity contribution in [1.82, 2.24) is 10.6 Å². The first kappa shape index (κ1) is 15.5. The fraction of sp³-hybridized carbons (Fsp3) is 0.667. The molecule has 20 heavy (non-hydrogen) atoms. The zero-order valence-corrected chi connectivity index (χ0v) is 13.5. The Balaban J connectivity index is 1.73. The molecule has 2 heteroatoms. The summed E-state index contributed by atoms with van der Waals surface area (Å²) in [5, 5.41) is 7.26. The molecular formula is C18H30N2. The summed E-state index contributed by atoms with van der Waals surface area (Å²) in [5.41, 5.74) is 3.33. The van der Waals surface area contributed by atoms with Crippen molar-refractivity contribution in [2.75, 3.05) is 13.1 Å². The van der Waals surface area contributed by atoms with Gasteiger partial charge in [0.25, 0.3) is 0 Å². The van der Waals surface area contributed by atoms with Crippen LogP contribution >= 0.6 is 0 Å². The van der Waals surface area contributed by atoms with Crippen LogP contribution in [0.1, 0.15) is 45.2 Å². The first-order chi connectivity index (χ1) is 9.44. The van der Waals surface area contributed by atoms with Crippen LogP contribution in [-0.4, -0.2) is 24.7 Å². The van der Waals surface area contributed by atoms with Crippen LogP contribution in [0.2, 0.25) is 0 Å². The van der Waals surface area contributed by atoms with E-state index in [0.29, 0.717) is 6.04 Å². The van der Waals surface area contributed by atoms with Gasteiger partial charge in [-0.2, -0.15) is 0 Å². The molecule has 0 aliphatic heterocycles. The molecule has 0 fully saturated rings. The average Bonchev–Trinajstić information content (AvgIpc) is 2.42. The summed E-state index contributed by atoms with van der Waals surface area (Å²) in [6, 6.07) is 9.45. The van der Waals surface area contributed by atoms with Crippen LogP contribution in [0.5, 0.6) is 0 Å². The number of aryl methyl sites for hydroxylation is 1. The third-order valence-corrected chi connectivity index (χ3v) is 4.14. The van der Waals surface area contributed by atoms with Crippen LogP contribution < -0.4 is 10.6 Å².